The van der Waals surface area contributed by atoms with Crippen LogP contribution in [0, 0.1) is 0 Å². The average Bonchev–Trinajstić information content (AvgIpc) is 3.41. The topological polar surface area (TPSA) is 65.2 Å². The number of fused-ring (bicyclic) bond motifs is 1. The van der Waals surface area contributed by atoms with Gasteiger partial charge >= 0.3 is 6.18 Å². The van der Waals surface area contributed by atoms with Gasteiger partial charge in [-0.15, -0.1) is 0 Å². The lowest BCUT2D eigenvalue weighted by Gasteiger charge is -2.29. The molecule has 41 heavy (non-hydrogen) atoms. The molecule has 0 atom stereocenters. The van der Waals surface area contributed by atoms with Crippen molar-refractivity contribution >= 4 is 45.7 Å². The lowest BCUT2D eigenvalue weighted by molar-refractivity contribution is -0.137. The van der Waals surface area contributed by atoms with E-state index in [2.05, 4.69) is 22.1 Å². The molecule has 1 saturated heterocycles. The highest BCUT2D eigenvalue weighted by atomic mass is 32.2. The number of amides is 1. The number of aromatic amines is 1. The molecule has 0 aliphatic carbocycles. The number of anilines is 2. The maximum absolute atomic E-state index is 13.8. The summed E-state index contributed by atoms with van der Waals surface area (Å²) in [6.07, 6.45) is -0.150. The molecule has 1 amide bonds. The Morgan fingerprint density at radius 3 is 2.54 bits per heavy atom. The summed E-state index contributed by atoms with van der Waals surface area (Å²) in [6.45, 7) is 3.87. The number of carbonyl (C=O) groups excluding carboxylic acids is 2. The van der Waals surface area contributed by atoms with Gasteiger partial charge in [-0.05, 0) is 85.5 Å². The van der Waals surface area contributed by atoms with Crippen LogP contribution in [0.3, 0.4) is 0 Å². The number of thioether (sulfide) groups is 1. The molecule has 0 unspecified atom stereocenters. The summed E-state index contributed by atoms with van der Waals surface area (Å²) in [5.41, 5.74) is 2.62. The largest absolute Gasteiger partial charge is 0.416 e. The number of piperidine rings is 1. The molecular weight excluding hydrogens is 547 g/mol. The summed E-state index contributed by atoms with van der Waals surface area (Å²) < 4.78 is 39.8. The van der Waals surface area contributed by atoms with Crippen LogP contribution < -0.4 is 10.2 Å². The molecule has 1 aromatic heterocycles. The van der Waals surface area contributed by atoms with E-state index in [9.17, 15) is 22.8 Å². The standard InChI is InChI=1S/C32H32F3N3O2S/c1-2-15-41-20-21-7-6-8-23(16-21)31(40)37-27-12-11-25(38-13-4-3-5-14-38)19-26(27)30(39)29-17-22-9-10-24(32(33,34)35)18-28(22)36-29/h6-12,16-19,36H,2-5,13-15,20H2,1H3,(H,37,40). The molecule has 5 rings (SSSR count). The van der Waals surface area contributed by atoms with Gasteiger partial charge in [0.05, 0.1) is 16.9 Å². The molecule has 1 aliphatic heterocycles. The molecule has 214 valence electrons. The quantitative estimate of drug-likeness (QED) is 0.155. The Balaban J connectivity index is 1.47. The fourth-order valence-corrected chi connectivity index (χ4v) is 5.93. The van der Waals surface area contributed by atoms with Gasteiger partial charge in [0.2, 0.25) is 5.78 Å². The second-order valence-corrected chi connectivity index (χ2v) is 11.4. The summed E-state index contributed by atoms with van der Waals surface area (Å²) >= 11 is 1.81. The van der Waals surface area contributed by atoms with Crippen molar-refractivity contribution in [3.05, 3.63) is 94.7 Å². The molecule has 1 aliphatic rings. The van der Waals surface area contributed by atoms with Crippen LogP contribution in [0.15, 0.2) is 66.7 Å². The van der Waals surface area contributed by atoms with Gasteiger partial charge in [-0.2, -0.15) is 24.9 Å². The average molecular weight is 580 g/mol. The first kappa shape index (κ1) is 28.8. The van der Waals surface area contributed by atoms with E-state index in [0.29, 0.717) is 16.6 Å². The van der Waals surface area contributed by atoms with Crippen LogP contribution in [0.1, 0.15) is 70.1 Å². The minimum Gasteiger partial charge on any atom is -0.372 e. The number of aromatic nitrogens is 1. The van der Waals surface area contributed by atoms with Crippen LogP contribution in [0.4, 0.5) is 24.5 Å². The normalized spacial score (nSPS) is 13.9. The second kappa shape index (κ2) is 12.4. The molecule has 0 bridgehead atoms. The first-order valence-corrected chi connectivity index (χ1v) is 15.0. The van der Waals surface area contributed by atoms with Gasteiger partial charge < -0.3 is 15.2 Å². The highest BCUT2D eigenvalue weighted by Gasteiger charge is 2.31. The highest BCUT2D eigenvalue weighted by Crippen LogP contribution is 2.33. The van der Waals surface area contributed by atoms with Crippen molar-refractivity contribution in [1.29, 1.82) is 0 Å². The predicted molar refractivity (Wildman–Crippen MR) is 160 cm³/mol. The summed E-state index contributed by atoms with van der Waals surface area (Å²) in [5, 5.41) is 3.41. The smallest absolute Gasteiger partial charge is 0.372 e. The zero-order chi connectivity index (χ0) is 29.0. The molecule has 0 spiro atoms. The molecule has 3 aromatic carbocycles. The minimum atomic E-state index is -4.49. The van der Waals surface area contributed by atoms with Crippen molar-refractivity contribution in [2.24, 2.45) is 0 Å². The van der Waals surface area contributed by atoms with Crippen molar-refractivity contribution in [3.63, 3.8) is 0 Å². The molecule has 5 nitrogen and oxygen atoms in total. The van der Waals surface area contributed by atoms with Crippen molar-refractivity contribution < 1.29 is 22.8 Å². The predicted octanol–water partition coefficient (Wildman–Crippen LogP) is 8.30. The molecular formula is C32H32F3N3O2S. The molecule has 9 heteroatoms. The van der Waals surface area contributed by atoms with Crippen molar-refractivity contribution in [2.45, 2.75) is 44.5 Å². The van der Waals surface area contributed by atoms with Crippen LogP contribution in [0.5, 0.6) is 0 Å². The van der Waals surface area contributed by atoms with E-state index in [1.54, 1.807) is 36.0 Å². The van der Waals surface area contributed by atoms with E-state index in [1.807, 2.05) is 24.3 Å². The Bertz CT molecular complexity index is 1560. The van der Waals surface area contributed by atoms with Crippen LogP contribution in [-0.2, 0) is 11.9 Å². The number of nitrogens with zero attached hydrogens (tertiary/aromatic N) is 1. The molecule has 2 heterocycles. The van der Waals surface area contributed by atoms with E-state index in [0.717, 1.165) is 73.7 Å². The number of ketones is 1. The number of rotatable bonds is 9. The van der Waals surface area contributed by atoms with Gasteiger partial charge in [-0.1, -0.05) is 25.1 Å². The number of benzene rings is 3. The number of carbonyl (C=O) groups is 2. The number of halogens is 3. The number of alkyl halides is 3. The van der Waals surface area contributed by atoms with E-state index < -0.39 is 17.5 Å². The SMILES string of the molecule is CCCSCc1cccc(C(=O)Nc2ccc(N3CCCCC3)cc2C(=O)c2cc3ccc(C(F)(F)F)cc3[nH]2)c1. The Kier molecular flexibility index (Phi) is 8.73. The number of H-pyrrole nitrogens is 1. The summed E-state index contributed by atoms with van der Waals surface area (Å²) in [5.74, 6) is 1.10. The maximum Gasteiger partial charge on any atom is 0.416 e. The van der Waals surface area contributed by atoms with E-state index >= 15 is 0 Å². The third kappa shape index (κ3) is 6.78. The maximum atomic E-state index is 13.8. The van der Waals surface area contributed by atoms with Crippen LogP contribution in [0.25, 0.3) is 10.9 Å². The lowest BCUT2D eigenvalue weighted by Crippen LogP contribution is -2.29. The summed E-state index contributed by atoms with van der Waals surface area (Å²) in [4.78, 5) is 32.2. The Labute approximate surface area is 241 Å². The fraction of sp³-hybridized carbons (Fsp3) is 0.312. The van der Waals surface area contributed by atoms with E-state index in [1.165, 1.54) is 6.07 Å². The zero-order valence-corrected chi connectivity index (χ0v) is 23.6. The van der Waals surface area contributed by atoms with Gasteiger partial charge in [0, 0.05) is 46.6 Å². The zero-order valence-electron chi connectivity index (χ0n) is 22.8. The van der Waals surface area contributed by atoms with Gasteiger partial charge in [0.25, 0.3) is 5.91 Å². The van der Waals surface area contributed by atoms with Gasteiger partial charge in [-0.3, -0.25) is 9.59 Å². The van der Waals surface area contributed by atoms with Crippen molar-refractivity contribution in [1.82, 2.24) is 4.98 Å². The Morgan fingerprint density at radius 1 is 0.976 bits per heavy atom. The van der Waals surface area contributed by atoms with E-state index in [4.69, 9.17) is 0 Å². The van der Waals surface area contributed by atoms with Crippen molar-refractivity contribution in [2.75, 3.05) is 29.1 Å². The Hall–Kier alpha value is -3.72. The van der Waals surface area contributed by atoms with Crippen LogP contribution >= 0.6 is 11.8 Å². The second-order valence-electron chi connectivity index (χ2n) is 10.3. The summed E-state index contributed by atoms with van der Waals surface area (Å²) in [7, 11) is 0. The molecule has 1 fully saturated rings. The molecule has 0 radical (unpaired) electrons. The van der Waals surface area contributed by atoms with Crippen LogP contribution in [0.2, 0.25) is 0 Å². The van der Waals surface area contributed by atoms with Gasteiger partial charge in [-0.25, -0.2) is 0 Å². The number of nitrogens with one attached hydrogen (secondary N) is 2. The van der Waals surface area contributed by atoms with Gasteiger partial charge in [0.1, 0.15) is 0 Å². The summed E-state index contributed by atoms with van der Waals surface area (Å²) in [6, 6.07) is 17.7. The first-order valence-electron chi connectivity index (χ1n) is 13.8. The molecule has 2 N–H and O–H groups in total. The Morgan fingerprint density at radius 2 is 1.78 bits per heavy atom. The molecule has 4 aromatic rings. The van der Waals surface area contributed by atoms with Crippen LogP contribution in [-0.4, -0.2) is 35.5 Å². The fourth-order valence-electron chi connectivity index (χ4n) is 5.08. The van der Waals surface area contributed by atoms with Gasteiger partial charge in [0.15, 0.2) is 0 Å². The number of hydrogen-bond acceptors (Lipinski definition) is 4. The monoisotopic (exact) mass is 579 g/mol. The third-order valence-corrected chi connectivity index (χ3v) is 8.45. The van der Waals surface area contributed by atoms with E-state index in [-0.39, 0.29) is 22.7 Å². The number of hydrogen-bond donors (Lipinski definition) is 2. The minimum absolute atomic E-state index is 0.153. The lowest BCUT2D eigenvalue weighted by atomic mass is 10.0. The molecule has 0 saturated carbocycles. The highest BCUT2D eigenvalue weighted by molar-refractivity contribution is 7.98. The third-order valence-electron chi connectivity index (χ3n) is 7.22. The first-order chi connectivity index (χ1) is 19.7. The van der Waals surface area contributed by atoms with Crippen molar-refractivity contribution in [3.8, 4) is 0 Å².